The number of nitrogens with one attached hydrogen (secondary N) is 1. The molecule has 1 saturated heterocycles. The molecule has 1 aliphatic heterocycles. The molecular formula is C9H13NOS. The van der Waals surface area contributed by atoms with Gasteiger partial charge in [0.05, 0.1) is 5.60 Å². The summed E-state index contributed by atoms with van der Waals surface area (Å²) in [6, 6.07) is 2.08. The Morgan fingerprint density at radius 3 is 3.17 bits per heavy atom. The van der Waals surface area contributed by atoms with E-state index in [9.17, 15) is 5.11 Å². The van der Waals surface area contributed by atoms with Gasteiger partial charge in [-0.25, -0.2) is 0 Å². The van der Waals surface area contributed by atoms with Gasteiger partial charge in [0.2, 0.25) is 0 Å². The summed E-state index contributed by atoms with van der Waals surface area (Å²) >= 11 is 1.69. The molecule has 12 heavy (non-hydrogen) atoms. The van der Waals surface area contributed by atoms with E-state index in [4.69, 9.17) is 0 Å². The van der Waals surface area contributed by atoms with E-state index < -0.39 is 5.60 Å². The molecule has 2 rings (SSSR count). The van der Waals surface area contributed by atoms with Crippen LogP contribution in [0.3, 0.4) is 0 Å². The average molecular weight is 183 g/mol. The smallest absolute Gasteiger partial charge is 0.0824 e. The van der Waals surface area contributed by atoms with Crippen LogP contribution in [-0.4, -0.2) is 23.8 Å². The second kappa shape index (κ2) is 3.17. The van der Waals surface area contributed by atoms with E-state index >= 15 is 0 Å². The lowest BCUT2D eigenvalue weighted by Gasteiger charge is -2.20. The predicted octanol–water partition coefficient (Wildman–Crippen LogP) is 1.01. The summed E-state index contributed by atoms with van der Waals surface area (Å²) < 4.78 is 0. The van der Waals surface area contributed by atoms with Gasteiger partial charge in [-0.05, 0) is 35.4 Å². The Kier molecular flexibility index (Phi) is 2.17. The molecule has 1 aromatic rings. The SMILES string of the molecule is OC1(Cc2ccsc2)CCNC1. The van der Waals surface area contributed by atoms with E-state index in [-0.39, 0.29) is 0 Å². The first-order valence-electron chi connectivity index (χ1n) is 4.23. The van der Waals surface area contributed by atoms with Crippen LogP contribution in [-0.2, 0) is 6.42 Å². The predicted molar refractivity (Wildman–Crippen MR) is 50.5 cm³/mol. The standard InChI is InChI=1S/C9H13NOS/c11-9(2-3-10-7-9)5-8-1-4-12-6-8/h1,4,6,10-11H,2-3,5,7H2. The first kappa shape index (κ1) is 8.23. The number of hydrogen-bond acceptors (Lipinski definition) is 3. The first-order chi connectivity index (χ1) is 5.79. The number of β-amino-alcohol motifs (C(OH)–C–C–N with tert-alkyl or cyclic N) is 1. The van der Waals surface area contributed by atoms with Crippen LogP contribution in [0.25, 0.3) is 0 Å². The van der Waals surface area contributed by atoms with Crippen molar-refractivity contribution >= 4 is 11.3 Å². The summed E-state index contributed by atoms with van der Waals surface area (Å²) in [4.78, 5) is 0. The van der Waals surface area contributed by atoms with Crippen LogP contribution in [0, 0.1) is 0 Å². The monoisotopic (exact) mass is 183 g/mol. The summed E-state index contributed by atoms with van der Waals surface area (Å²) in [5, 5.41) is 17.3. The highest BCUT2D eigenvalue weighted by Gasteiger charge is 2.30. The molecule has 0 amide bonds. The summed E-state index contributed by atoms with van der Waals surface area (Å²) in [6.45, 7) is 1.68. The summed E-state index contributed by atoms with van der Waals surface area (Å²) in [5.74, 6) is 0. The summed E-state index contributed by atoms with van der Waals surface area (Å²) in [5.41, 5.74) is 0.771. The van der Waals surface area contributed by atoms with Crippen molar-refractivity contribution in [2.75, 3.05) is 13.1 Å². The van der Waals surface area contributed by atoms with E-state index in [1.165, 1.54) is 5.56 Å². The van der Waals surface area contributed by atoms with Gasteiger partial charge in [-0.1, -0.05) is 0 Å². The van der Waals surface area contributed by atoms with Crippen LogP contribution in [0.1, 0.15) is 12.0 Å². The van der Waals surface area contributed by atoms with Crippen molar-refractivity contribution < 1.29 is 5.11 Å². The molecule has 66 valence electrons. The Hall–Kier alpha value is -0.380. The van der Waals surface area contributed by atoms with Gasteiger partial charge in [-0.15, -0.1) is 0 Å². The molecule has 0 aliphatic carbocycles. The number of rotatable bonds is 2. The third-order valence-electron chi connectivity index (χ3n) is 2.33. The Bertz CT molecular complexity index is 239. The highest BCUT2D eigenvalue weighted by atomic mass is 32.1. The maximum atomic E-state index is 10.0. The molecule has 2 N–H and O–H groups in total. The van der Waals surface area contributed by atoms with Crippen molar-refractivity contribution in [3.05, 3.63) is 22.4 Å². The molecule has 1 aliphatic rings. The minimum atomic E-state index is -0.485. The van der Waals surface area contributed by atoms with Gasteiger partial charge in [0, 0.05) is 13.0 Å². The average Bonchev–Trinajstić information content (AvgIpc) is 2.62. The van der Waals surface area contributed by atoms with Gasteiger partial charge >= 0.3 is 0 Å². The fraction of sp³-hybridized carbons (Fsp3) is 0.556. The Labute approximate surface area is 76.2 Å². The lowest BCUT2D eigenvalue weighted by Crippen LogP contribution is -2.33. The number of hydrogen-bond donors (Lipinski definition) is 2. The fourth-order valence-electron chi connectivity index (χ4n) is 1.65. The normalized spacial score (nSPS) is 29.4. The molecule has 0 saturated carbocycles. The highest BCUT2D eigenvalue weighted by molar-refractivity contribution is 7.07. The maximum absolute atomic E-state index is 10.0. The van der Waals surface area contributed by atoms with Crippen LogP contribution < -0.4 is 5.32 Å². The van der Waals surface area contributed by atoms with Crippen LogP contribution in [0.5, 0.6) is 0 Å². The number of thiophene rings is 1. The maximum Gasteiger partial charge on any atom is 0.0824 e. The topological polar surface area (TPSA) is 32.3 Å². The largest absolute Gasteiger partial charge is 0.388 e. The Morgan fingerprint density at radius 2 is 2.58 bits per heavy atom. The molecule has 2 nitrogen and oxygen atoms in total. The molecule has 1 fully saturated rings. The van der Waals surface area contributed by atoms with E-state index in [1.807, 2.05) is 0 Å². The lowest BCUT2D eigenvalue weighted by atomic mass is 9.95. The first-order valence-corrected chi connectivity index (χ1v) is 5.17. The van der Waals surface area contributed by atoms with E-state index in [0.717, 1.165) is 25.9 Å². The van der Waals surface area contributed by atoms with Crippen LogP contribution in [0.15, 0.2) is 16.8 Å². The van der Waals surface area contributed by atoms with Crippen molar-refractivity contribution in [3.63, 3.8) is 0 Å². The second-order valence-electron chi connectivity index (χ2n) is 3.46. The zero-order valence-electron chi connectivity index (χ0n) is 6.92. The Balaban J connectivity index is 2.02. The minimum Gasteiger partial charge on any atom is -0.388 e. The summed E-state index contributed by atoms with van der Waals surface area (Å²) in [7, 11) is 0. The van der Waals surface area contributed by atoms with Crippen molar-refractivity contribution in [1.82, 2.24) is 5.32 Å². The Morgan fingerprint density at radius 1 is 1.67 bits per heavy atom. The number of aliphatic hydroxyl groups is 1. The zero-order valence-corrected chi connectivity index (χ0v) is 7.73. The second-order valence-corrected chi connectivity index (χ2v) is 4.24. The van der Waals surface area contributed by atoms with E-state index in [2.05, 4.69) is 22.1 Å². The van der Waals surface area contributed by atoms with Gasteiger partial charge in [0.15, 0.2) is 0 Å². The fourth-order valence-corrected chi connectivity index (χ4v) is 2.32. The van der Waals surface area contributed by atoms with E-state index in [1.54, 1.807) is 11.3 Å². The molecule has 0 aromatic carbocycles. The van der Waals surface area contributed by atoms with Gasteiger partial charge in [-0.2, -0.15) is 11.3 Å². The van der Waals surface area contributed by atoms with Crippen molar-refractivity contribution in [1.29, 1.82) is 0 Å². The van der Waals surface area contributed by atoms with Crippen molar-refractivity contribution in [2.24, 2.45) is 0 Å². The van der Waals surface area contributed by atoms with Crippen molar-refractivity contribution in [2.45, 2.75) is 18.4 Å². The quantitative estimate of drug-likeness (QED) is 0.717. The third-order valence-corrected chi connectivity index (χ3v) is 3.07. The molecule has 1 unspecified atom stereocenters. The van der Waals surface area contributed by atoms with Crippen LogP contribution in [0.2, 0.25) is 0 Å². The van der Waals surface area contributed by atoms with Gasteiger partial charge < -0.3 is 10.4 Å². The molecular weight excluding hydrogens is 170 g/mol. The lowest BCUT2D eigenvalue weighted by molar-refractivity contribution is 0.0620. The molecule has 0 radical (unpaired) electrons. The van der Waals surface area contributed by atoms with Gasteiger partial charge in [-0.3, -0.25) is 0 Å². The molecule has 3 heteroatoms. The third kappa shape index (κ3) is 1.68. The van der Waals surface area contributed by atoms with Gasteiger partial charge in [0.25, 0.3) is 0 Å². The van der Waals surface area contributed by atoms with E-state index in [0.29, 0.717) is 0 Å². The van der Waals surface area contributed by atoms with Gasteiger partial charge in [0.1, 0.15) is 0 Å². The zero-order chi connectivity index (χ0) is 8.44. The molecule has 0 spiro atoms. The summed E-state index contributed by atoms with van der Waals surface area (Å²) in [6.07, 6.45) is 1.67. The molecule has 1 aromatic heterocycles. The van der Waals surface area contributed by atoms with Crippen LogP contribution in [0.4, 0.5) is 0 Å². The molecule has 2 heterocycles. The molecule has 1 atom stereocenters. The van der Waals surface area contributed by atoms with Crippen LogP contribution >= 0.6 is 11.3 Å². The highest BCUT2D eigenvalue weighted by Crippen LogP contribution is 2.21. The molecule has 0 bridgehead atoms. The van der Waals surface area contributed by atoms with Crippen molar-refractivity contribution in [3.8, 4) is 0 Å². The minimum absolute atomic E-state index is 0.485.